The molecule has 0 atom stereocenters. The number of hydrogen-bond donors (Lipinski definition) is 3. The second kappa shape index (κ2) is 8.04. The number of nitrogens with zero attached hydrogens (tertiary/aromatic N) is 3. The predicted octanol–water partition coefficient (Wildman–Crippen LogP) is 5.02. The van der Waals surface area contributed by atoms with Crippen LogP contribution in [0.2, 0.25) is 0 Å². The highest BCUT2D eigenvalue weighted by molar-refractivity contribution is 8.03. The van der Waals surface area contributed by atoms with Crippen molar-refractivity contribution in [1.82, 2.24) is 10.4 Å². The fraction of sp³-hybridized carbons (Fsp3) is 0.143. The van der Waals surface area contributed by atoms with Crippen molar-refractivity contribution in [3.8, 4) is 12.1 Å². The molecule has 6 nitrogen and oxygen atoms in total. The number of benzene rings is 2. The van der Waals surface area contributed by atoms with E-state index in [1.165, 1.54) is 23.5 Å². The maximum Gasteiger partial charge on any atom is 0.115 e. The van der Waals surface area contributed by atoms with Crippen LogP contribution >= 0.6 is 23.5 Å². The van der Waals surface area contributed by atoms with Gasteiger partial charge in [-0.1, -0.05) is 47.8 Å². The summed E-state index contributed by atoms with van der Waals surface area (Å²) < 4.78 is 0. The Hall–Kier alpha value is -3.20. The van der Waals surface area contributed by atoms with Gasteiger partial charge in [-0.2, -0.15) is 10.5 Å². The lowest BCUT2D eigenvalue weighted by atomic mass is 10.1. The zero-order chi connectivity index (χ0) is 20.4. The Bertz CT molecular complexity index is 1110. The standard InChI is InChI=1S/C21H18N6S2/c1-13(2)27-21(29-19-10-6-4-8-17(19)26-27)15(12-23)14(11-22)20-25-24-16-7-3-5-9-18(16)28-20/h3-10,13,24-26H,1-2H3/b20-14+,21-15+. The third-order valence-corrected chi connectivity index (χ3v) is 6.65. The molecule has 2 aromatic carbocycles. The average Bonchev–Trinajstić information content (AvgIpc) is 2.76. The number of para-hydroxylation sites is 2. The van der Waals surface area contributed by atoms with Gasteiger partial charge in [0.15, 0.2) is 0 Å². The zero-order valence-corrected chi connectivity index (χ0v) is 17.5. The monoisotopic (exact) mass is 418 g/mol. The Labute approximate surface area is 178 Å². The number of nitriles is 2. The van der Waals surface area contributed by atoms with Crippen molar-refractivity contribution in [3.05, 3.63) is 69.7 Å². The molecule has 4 rings (SSSR count). The average molecular weight is 419 g/mol. The van der Waals surface area contributed by atoms with Gasteiger partial charge in [0.1, 0.15) is 33.3 Å². The number of fused-ring (bicyclic) bond motifs is 2. The molecular formula is C21H18N6S2. The second-order valence-corrected chi connectivity index (χ2v) is 8.71. The largest absolute Gasteiger partial charge is 0.299 e. The summed E-state index contributed by atoms with van der Waals surface area (Å²) >= 11 is 2.94. The number of hydrogen-bond acceptors (Lipinski definition) is 8. The van der Waals surface area contributed by atoms with Crippen LogP contribution in [-0.2, 0) is 0 Å². The topological polar surface area (TPSA) is 86.9 Å². The fourth-order valence-electron chi connectivity index (χ4n) is 2.98. The fourth-order valence-corrected chi connectivity index (χ4v) is 5.11. The van der Waals surface area contributed by atoms with Crippen molar-refractivity contribution >= 4 is 34.9 Å². The van der Waals surface area contributed by atoms with E-state index < -0.39 is 0 Å². The van der Waals surface area contributed by atoms with E-state index in [2.05, 4.69) is 28.4 Å². The van der Waals surface area contributed by atoms with Gasteiger partial charge in [0.25, 0.3) is 0 Å². The molecular weight excluding hydrogens is 400 g/mol. The number of anilines is 2. The van der Waals surface area contributed by atoms with Crippen LogP contribution in [0.1, 0.15) is 13.8 Å². The molecule has 2 aliphatic heterocycles. The van der Waals surface area contributed by atoms with Crippen LogP contribution in [0.15, 0.2) is 79.5 Å². The first-order valence-electron chi connectivity index (χ1n) is 9.03. The van der Waals surface area contributed by atoms with E-state index in [1.54, 1.807) is 0 Å². The lowest BCUT2D eigenvalue weighted by Gasteiger charge is -2.37. The van der Waals surface area contributed by atoms with Gasteiger partial charge in [0.2, 0.25) is 0 Å². The highest BCUT2D eigenvalue weighted by Gasteiger charge is 2.29. The van der Waals surface area contributed by atoms with Crippen LogP contribution < -0.4 is 16.3 Å². The van der Waals surface area contributed by atoms with Crippen molar-refractivity contribution < 1.29 is 0 Å². The Morgan fingerprint density at radius 1 is 0.862 bits per heavy atom. The molecule has 0 fully saturated rings. The molecule has 0 amide bonds. The number of thioether (sulfide) groups is 2. The molecule has 0 unspecified atom stereocenters. The van der Waals surface area contributed by atoms with Crippen molar-refractivity contribution in [1.29, 1.82) is 10.5 Å². The minimum atomic E-state index is 0.0879. The molecule has 144 valence electrons. The summed E-state index contributed by atoms with van der Waals surface area (Å²) in [6, 6.07) is 20.4. The Kier molecular flexibility index (Phi) is 5.30. The van der Waals surface area contributed by atoms with Crippen LogP contribution in [0.3, 0.4) is 0 Å². The van der Waals surface area contributed by atoms with Crippen molar-refractivity contribution in [2.24, 2.45) is 0 Å². The summed E-state index contributed by atoms with van der Waals surface area (Å²) in [4.78, 5) is 2.01. The summed E-state index contributed by atoms with van der Waals surface area (Å²) in [5, 5.41) is 23.3. The van der Waals surface area contributed by atoms with Gasteiger partial charge < -0.3 is 0 Å². The number of hydrazine groups is 2. The van der Waals surface area contributed by atoms with Gasteiger partial charge in [0, 0.05) is 15.8 Å². The van der Waals surface area contributed by atoms with E-state index in [-0.39, 0.29) is 6.04 Å². The van der Waals surface area contributed by atoms with Gasteiger partial charge in [-0.25, -0.2) is 0 Å². The first-order valence-corrected chi connectivity index (χ1v) is 10.7. The Morgan fingerprint density at radius 2 is 1.48 bits per heavy atom. The van der Waals surface area contributed by atoms with Crippen molar-refractivity contribution in [2.75, 3.05) is 10.9 Å². The Morgan fingerprint density at radius 3 is 2.14 bits per heavy atom. The van der Waals surface area contributed by atoms with E-state index >= 15 is 0 Å². The normalized spacial score (nSPS) is 18.2. The van der Waals surface area contributed by atoms with E-state index in [0.717, 1.165) is 21.2 Å². The van der Waals surface area contributed by atoms with Crippen LogP contribution in [0, 0.1) is 22.7 Å². The molecule has 3 N–H and O–H groups in total. The quantitative estimate of drug-likeness (QED) is 0.586. The first-order chi connectivity index (χ1) is 14.1. The summed E-state index contributed by atoms with van der Waals surface area (Å²) in [5.74, 6) is 0. The van der Waals surface area contributed by atoms with Crippen LogP contribution in [0.5, 0.6) is 0 Å². The molecule has 8 heteroatoms. The van der Waals surface area contributed by atoms with Gasteiger partial charge in [0.05, 0.1) is 11.4 Å². The molecule has 0 spiro atoms. The third-order valence-electron chi connectivity index (χ3n) is 4.39. The molecule has 0 radical (unpaired) electrons. The lowest BCUT2D eigenvalue weighted by Crippen LogP contribution is -2.37. The van der Waals surface area contributed by atoms with Crippen molar-refractivity contribution in [3.63, 3.8) is 0 Å². The number of nitrogens with one attached hydrogen (secondary N) is 3. The molecule has 0 saturated carbocycles. The first kappa shape index (κ1) is 19.1. The molecule has 2 aromatic rings. The van der Waals surface area contributed by atoms with Crippen LogP contribution in [0.25, 0.3) is 0 Å². The highest BCUT2D eigenvalue weighted by atomic mass is 32.2. The van der Waals surface area contributed by atoms with E-state index in [4.69, 9.17) is 0 Å². The maximum atomic E-state index is 10.0. The second-order valence-electron chi connectivity index (χ2n) is 6.63. The van der Waals surface area contributed by atoms with Gasteiger partial charge in [-0.3, -0.25) is 21.3 Å². The molecule has 2 aliphatic rings. The van der Waals surface area contributed by atoms with E-state index in [9.17, 15) is 10.5 Å². The summed E-state index contributed by atoms with van der Waals surface area (Å²) in [5.41, 5.74) is 12.2. The lowest BCUT2D eigenvalue weighted by molar-refractivity contribution is 0.356. The SMILES string of the molecule is CC(C)N1Nc2ccccc2S/C1=C(C#N)/C(C#N)=C1\NNc2ccccc2S1. The highest BCUT2D eigenvalue weighted by Crippen LogP contribution is 2.44. The van der Waals surface area contributed by atoms with Gasteiger partial charge in [-0.15, -0.1) is 0 Å². The predicted molar refractivity (Wildman–Crippen MR) is 117 cm³/mol. The molecule has 0 aliphatic carbocycles. The Balaban J connectivity index is 1.83. The van der Waals surface area contributed by atoms with E-state index in [0.29, 0.717) is 21.2 Å². The summed E-state index contributed by atoms with van der Waals surface area (Å²) in [6.45, 7) is 4.09. The summed E-state index contributed by atoms with van der Waals surface area (Å²) in [7, 11) is 0. The molecule has 0 bridgehead atoms. The molecule has 0 saturated heterocycles. The minimum absolute atomic E-state index is 0.0879. The molecule has 0 aromatic heterocycles. The molecule has 2 heterocycles. The van der Waals surface area contributed by atoms with Gasteiger partial charge in [-0.05, 0) is 38.1 Å². The van der Waals surface area contributed by atoms with Gasteiger partial charge >= 0.3 is 0 Å². The number of allylic oxidation sites excluding steroid dienone is 2. The van der Waals surface area contributed by atoms with Crippen LogP contribution in [-0.4, -0.2) is 11.1 Å². The number of rotatable bonds is 2. The van der Waals surface area contributed by atoms with Crippen LogP contribution in [0.4, 0.5) is 11.4 Å². The zero-order valence-electron chi connectivity index (χ0n) is 15.9. The third kappa shape index (κ3) is 3.61. The molecule has 29 heavy (non-hydrogen) atoms. The van der Waals surface area contributed by atoms with E-state index in [1.807, 2.05) is 67.4 Å². The maximum absolute atomic E-state index is 10.0. The van der Waals surface area contributed by atoms with Crippen molar-refractivity contribution in [2.45, 2.75) is 29.7 Å². The smallest absolute Gasteiger partial charge is 0.115 e. The minimum Gasteiger partial charge on any atom is -0.299 e. The summed E-state index contributed by atoms with van der Waals surface area (Å²) in [6.07, 6.45) is 0.